The van der Waals surface area contributed by atoms with Crippen molar-refractivity contribution in [3.05, 3.63) is 59.7 Å². The Morgan fingerprint density at radius 1 is 1.04 bits per heavy atom. The summed E-state index contributed by atoms with van der Waals surface area (Å²) in [5.74, 6) is -4.78. The number of rotatable bonds is 4. The summed E-state index contributed by atoms with van der Waals surface area (Å²) >= 11 is 0. The third-order valence-electron chi connectivity index (χ3n) is 5.57. The summed E-state index contributed by atoms with van der Waals surface area (Å²) < 4.78 is 32.4. The van der Waals surface area contributed by atoms with Crippen LogP contribution in [-0.4, -0.2) is 35.2 Å². The van der Waals surface area contributed by atoms with Gasteiger partial charge in [0.05, 0.1) is 0 Å². The molecule has 2 aromatic rings. The van der Waals surface area contributed by atoms with Gasteiger partial charge >= 0.3 is 12.1 Å². The number of nitrogens with one attached hydrogen (secondary N) is 1. The average Bonchev–Trinajstić information content (AvgIpc) is 3.15. The van der Waals surface area contributed by atoms with Crippen LogP contribution in [-0.2, 0) is 9.53 Å². The van der Waals surface area contributed by atoms with Crippen molar-refractivity contribution in [1.29, 1.82) is 0 Å². The second kappa shape index (κ2) is 6.58. The fourth-order valence-corrected chi connectivity index (χ4v) is 4.19. The lowest BCUT2D eigenvalue weighted by molar-refractivity contribution is -0.145. The molecule has 7 heteroatoms. The maximum atomic E-state index is 13.6. The number of halogens is 2. The van der Waals surface area contributed by atoms with Gasteiger partial charge in [0, 0.05) is 18.8 Å². The summed E-state index contributed by atoms with van der Waals surface area (Å²) in [5, 5.41) is 11.6. The Kier molecular flexibility index (Phi) is 4.33. The fourth-order valence-electron chi connectivity index (χ4n) is 4.19. The van der Waals surface area contributed by atoms with Crippen molar-refractivity contribution < 1.29 is 28.2 Å². The van der Waals surface area contributed by atoms with E-state index in [0.717, 1.165) is 22.3 Å². The normalized spacial score (nSPS) is 22.4. The number of ether oxygens (including phenoxy) is 1. The van der Waals surface area contributed by atoms with Crippen LogP contribution in [0.2, 0.25) is 0 Å². The SMILES string of the molecule is O=C(NC1(C(=O)O)CCC(F)(F)C1)OCC1c2ccccc2-c2ccccc21. The molecule has 2 N–H and O–H groups in total. The van der Waals surface area contributed by atoms with Crippen LogP contribution >= 0.6 is 0 Å². The molecule has 5 nitrogen and oxygen atoms in total. The van der Waals surface area contributed by atoms with Crippen molar-refractivity contribution in [2.45, 2.75) is 36.6 Å². The molecule has 0 bridgehead atoms. The number of fused-ring (bicyclic) bond motifs is 3. The van der Waals surface area contributed by atoms with Gasteiger partial charge in [0.1, 0.15) is 12.1 Å². The average molecular weight is 387 g/mol. The Morgan fingerprint density at radius 3 is 2.11 bits per heavy atom. The predicted molar refractivity (Wildman–Crippen MR) is 97.4 cm³/mol. The summed E-state index contributed by atoms with van der Waals surface area (Å²) in [7, 11) is 0. The van der Waals surface area contributed by atoms with Crippen molar-refractivity contribution in [1.82, 2.24) is 5.32 Å². The minimum absolute atomic E-state index is 0.00798. The van der Waals surface area contributed by atoms with Gasteiger partial charge in [0.15, 0.2) is 0 Å². The van der Waals surface area contributed by atoms with E-state index >= 15 is 0 Å². The Hall–Kier alpha value is -2.96. The topological polar surface area (TPSA) is 75.6 Å². The number of carboxylic acids is 1. The first-order valence-electron chi connectivity index (χ1n) is 9.06. The number of hydrogen-bond acceptors (Lipinski definition) is 3. The summed E-state index contributed by atoms with van der Waals surface area (Å²) in [6, 6.07) is 15.6. The molecule has 146 valence electrons. The minimum atomic E-state index is -3.12. The van der Waals surface area contributed by atoms with Crippen LogP contribution in [0.4, 0.5) is 13.6 Å². The van der Waals surface area contributed by atoms with Crippen LogP contribution in [0.3, 0.4) is 0 Å². The summed E-state index contributed by atoms with van der Waals surface area (Å²) in [6.45, 7) is -0.00798. The molecule has 0 aromatic heterocycles. The van der Waals surface area contributed by atoms with Gasteiger partial charge in [-0.25, -0.2) is 18.4 Å². The second-order valence-corrected chi connectivity index (χ2v) is 7.37. The van der Waals surface area contributed by atoms with Gasteiger partial charge in [-0.2, -0.15) is 0 Å². The number of carbonyl (C=O) groups excluding carboxylic acids is 1. The zero-order valence-electron chi connectivity index (χ0n) is 15.0. The van der Waals surface area contributed by atoms with Gasteiger partial charge in [-0.3, -0.25) is 0 Å². The molecule has 2 aliphatic rings. The number of benzene rings is 2. The largest absolute Gasteiger partial charge is 0.479 e. The van der Waals surface area contributed by atoms with Gasteiger partial charge in [-0.1, -0.05) is 48.5 Å². The molecule has 2 aliphatic carbocycles. The van der Waals surface area contributed by atoms with Crippen LogP contribution in [0.1, 0.15) is 36.3 Å². The Morgan fingerprint density at radius 2 is 1.61 bits per heavy atom. The summed E-state index contributed by atoms with van der Waals surface area (Å²) in [5.41, 5.74) is 2.15. The maximum absolute atomic E-state index is 13.6. The molecule has 0 radical (unpaired) electrons. The number of aliphatic carboxylic acids is 1. The van der Waals surface area contributed by atoms with Gasteiger partial charge in [0.25, 0.3) is 5.92 Å². The van der Waals surface area contributed by atoms with E-state index < -0.39 is 36.4 Å². The Labute approximate surface area is 160 Å². The van der Waals surface area contributed by atoms with Crippen LogP contribution in [0.15, 0.2) is 48.5 Å². The van der Waals surface area contributed by atoms with Crippen LogP contribution in [0.5, 0.6) is 0 Å². The molecular formula is C21H19F2NO4. The highest BCUT2D eigenvalue weighted by molar-refractivity contribution is 5.85. The summed E-state index contributed by atoms with van der Waals surface area (Å²) in [4.78, 5) is 23.8. The molecule has 1 unspecified atom stereocenters. The molecule has 4 rings (SSSR count). The molecule has 2 aromatic carbocycles. The number of carboxylic acid groups (broad SMARTS) is 1. The van der Waals surface area contributed by atoms with Gasteiger partial charge in [-0.05, 0) is 28.7 Å². The lowest BCUT2D eigenvalue weighted by Gasteiger charge is -2.25. The van der Waals surface area contributed by atoms with E-state index in [9.17, 15) is 23.5 Å². The third-order valence-corrected chi connectivity index (χ3v) is 5.57. The smallest absolute Gasteiger partial charge is 0.408 e. The van der Waals surface area contributed by atoms with E-state index in [-0.39, 0.29) is 18.9 Å². The second-order valence-electron chi connectivity index (χ2n) is 7.37. The molecule has 0 aliphatic heterocycles. The molecule has 1 atom stereocenters. The molecule has 28 heavy (non-hydrogen) atoms. The van der Waals surface area contributed by atoms with Crippen LogP contribution in [0, 0.1) is 0 Å². The first-order chi connectivity index (χ1) is 13.3. The molecule has 0 heterocycles. The van der Waals surface area contributed by atoms with Crippen molar-refractivity contribution in [2.24, 2.45) is 0 Å². The quantitative estimate of drug-likeness (QED) is 0.826. The molecular weight excluding hydrogens is 368 g/mol. The first kappa shape index (κ1) is 18.4. The highest BCUT2D eigenvalue weighted by Crippen LogP contribution is 2.45. The molecule has 1 saturated carbocycles. The van der Waals surface area contributed by atoms with Crippen molar-refractivity contribution in [3.63, 3.8) is 0 Å². The number of amides is 1. The molecule has 1 fully saturated rings. The standard InChI is InChI=1S/C21H19F2NO4/c22-21(23)10-9-20(12-21,18(25)26)24-19(27)28-11-17-15-7-3-1-5-13(15)14-6-2-4-8-16(14)17/h1-8,17H,9-12H2,(H,24,27)(H,25,26). The maximum Gasteiger partial charge on any atom is 0.408 e. The molecule has 0 saturated heterocycles. The van der Waals surface area contributed by atoms with E-state index in [2.05, 4.69) is 5.32 Å². The zero-order valence-corrected chi connectivity index (χ0v) is 15.0. The monoisotopic (exact) mass is 387 g/mol. The van der Waals surface area contributed by atoms with Crippen LogP contribution < -0.4 is 5.32 Å². The Balaban J connectivity index is 1.49. The van der Waals surface area contributed by atoms with E-state index in [1.165, 1.54) is 0 Å². The first-order valence-corrected chi connectivity index (χ1v) is 9.06. The highest BCUT2D eigenvalue weighted by Gasteiger charge is 2.55. The predicted octanol–water partition coefficient (Wildman–Crippen LogP) is 4.17. The van der Waals surface area contributed by atoms with Crippen molar-refractivity contribution in [3.8, 4) is 11.1 Å². The minimum Gasteiger partial charge on any atom is -0.479 e. The van der Waals surface area contributed by atoms with E-state index in [1.807, 2.05) is 48.5 Å². The molecule has 1 amide bonds. The fraction of sp³-hybridized carbons (Fsp3) is 0.333. The van der Waals surface area contributed by atoms with E-state index in [0.29, 0.717) is 0 Å². The van der Waals surface area contributed by atoms with Gasteiger partial charge in [0.2, 0.25) is 0 Å². The summed E-state index contributed by atoms with van der Waals surface area (Å²) in [6.07, 6.45) is -2.84. The van der Waals surface area contributed by atoms with Crippen molar-refractivity contribution >= 4 is 12.1 Å². The third kappa shape index (κ3) is 3.10. The van der Waals surface area contributed by atoms with Gasteiger partial charge in [-0.15, -0.1) is 0 Å². The lowest BCUT2D eigenvalue weighted by Crippen LogP contribution is -2.53. The number of alkyl halides is 2. The number of hydrogen-bond donors (Lipinski definition) is 2. The number of carbonyl (C=O) groups is 2. The van der Waals surface area contributed by atoms with E-state index in [4.69, 9.17) is 4.74 Å². The van der Waals surface area contributed by atoms with Crippen molar-refractivity contribution in [2.75, 3.05) is 6.61 Å². The highest BCUT2D eigenvalue weighted by atomic mass is 19.3. The zero-order chi connectivity index (χ0) is 19.9. The lowest BCUT2D eigenvalue weighted by atomic mass is 9.97. The van der Waals surface area contributed by atoms with Gasteiger partial charge < -0.3 is 15.2 Å². The van der Waals surface area contributed by atoms with E-state index in [1.54, 1.807) is 0 Å². The Bertz CT molecular complexity index is 900. The van der Waals surface area contributed by atoms with Crippen LogP contribution in [0.25, 0.3) is 11.1 Å². The molecule has 0 spiro atoms. The number of alkyl carbamates (subject to hydrolysis) is 1.